The van der Waals surface area contributed by atoms with E-state index in [2.05, 4.69) is 0 Å². The first kappa shape index (κ1) is 14.8. The number of hydrogen-bond donors (Lipinski definition) is 0. The molecule has 0 spiro atoms. The summed E-state index contributed by atoms with van der Waals surface area (Å²) < 4.78 is 106. The maximum absolute atomic E-state index is 13.5. The lowest BCUT2D eigenvalue weighted by atomic mass is 9.83. The molecule has 0 aromatic heterocycles. The first-order valence-corrected chi connectivity index (χ1v) is 5.25. The van der Waals surface area contributed by atoms with Crippen LogP contribution in [0.4, 0.5) is 35.1 Å². The van der Waals surface area contributed by atoms with Crippen LogP contribution in [-0.4, -0.2) is 23.7 Å². The van der Waals surface area contributed by atoms with Crippen molar-refractivity contribution >= 4 is 0 Å². The van der Waals surface area contributed by atoms with Crippen LogP contribution in [0.5, 0.6) is 0 Å². The van der Waals surface area contributed by atoms with Crippen molar-refractivity contribution in [3.05, 3.63) is 47.6 Å². The fourth-order valence-electron chi connectivity index (χ4n) is 1.83. The summed E-state index contributed by atoms with van der Waals surface area (Å²) in [5.41, 5.74) is -3.64. The lowest BCUT2D eigenvalue weighted by molar-refractivity contribution is -0.172. The van der Waals surface area contributed by atoms with Crippen molar-refractivity contribution in [1.82, 2.24) is 0 Å². The minimum atomic E-state index is -5.00. The van der Waals surface area contributed by atoms with E-state index in [1.165, 1.54) is 0 Å². The topological polar surface area (TPSA) is 0 Å². The number of allylic oxidation sites excluding steroid dienone is 8. The molecular weight excluding hydrogens is 296 g/mol. The van der Waals surface area contributed by atoms with E-state index in [1.54, 1.807) is 0 Å². The molecule has 2 aliphatic rings. The lowest BCUT2D eigenvalue weighted by Gasteiger charge is -2.35. The molecule has 0 amide bonds. The minimum absolute atomic E-state index is 0.175. The van der Waals surface area contributed by atoms with Gasteiger partial charge in [0.25, 0.3) is 0 Å². The van der Waals surface area contributed by atoms with Crippen molar-refractivity contribution in [2.45, 2.75) is 23.7 Å². The Morgan fingerprint density at radius 2 is 0.850 bits per heavy atom. The number of halogens is 8. The van der Waals surface area contributed by atoms with Crippen molar-refractivity contribution < 1.29 is 35.1 Å². The van der Waals surface area contributed by atoms with Crippen LogP contribution in [0.2, 0.25) is 0 Å². The van der Waals surface area contributed by atoms with Crippen LogP contribution >= 0.6 is 0 Å². The Morgan fingerprint density at radius 3 is 1.15 bits per heavy atom. The molecule has 0 aliphatic heterocycles. The summed E-state index contributed by atoms with van der Waals surface area (Å²) in [7, 11) is 0. The summed E-state index contributed by atoms with van der Waals surface area (Å²) in [5, 5.41) is 0. The quantitative estimate of drug-likeness (QED) is 0.625. The molecule has 0 aromatic rings. The number of rotatable bonds is 1. The molecule has 0 bridgehead atoms. The largest absolute Gasteiger partial charge is 0.339 e. The van der Waals surface area contributed by atoms with Crippen LogP contribution in [0.25, 0.3) is 0 Å². The molecule has 0 saturated carbocycles. The highest BCUT2D eigenvalue weighted by atomic mass is 19.3. The molecular formula is C12H6F8. The zero-order chi connectivity index (χ0) is 15.4. The van der Waals surface area contributed by atoms with Gasteiger partial charge in [-0.3, -0.25) is 0 Å². The SMILES string of the molecule is FC1(F)C=CC=C(C2=CC=CC(F)(F)C2(F)F)C1(F)F. The van der Waals surface area contributed by atoms with E-state index >= 15 is 0 Å². The second-order valence-electron chi connectivity index (χ2n) is 4.27. The highest BCUT2D eigenvalue weighted by Crippen LogP contribution is 2.53. The Morgan fingerprint density at radius 1 is 0.550 bits per heavy atom. The molecule has 0 radical (unpaired) electrons. The van der Waals surface area contributed by atoms with Crippen LogP contribution in [-0.2, 0) is 0 Å². The third-order valence-corrected chi connectivity index (χ3v) is 2.94. The van der Waals surface area contributed by atoms with Crippen LogP contribution in [0, 0.1) is 0 Å². The van der Waals surface area contributed by atoms with Crippen LogP contribution < -0.4 is 0 Å². The predicted octanol–water partition coefficient (Wildman–Crippen LogP) is 4.52. The van der Waals surface area contributed by atoms with Crippen LogP contribution in [0.3, 0.4) is 0 Å². The third-order valence-electron chi connectivity index (χ3n) is 2.94. The zero-order valence-corrected chi connectivity index (χ0v) is 9.49. The van der Waals surface area contributed by atoms with Gasteiger partial charge < -0.3 is 0 Å². The first-order chi connectivity index (χ1) is 8.93. The molecule has 8 heteroatoms. The Bertz CT molecular complexity index is 498. The van der Waals surface area contributed by atoms with Gasteiger partial charge in [0.05, 0.1) is 0 Å². The van der Waals surface area contributed by atoms with Crippen molar-refractivity contribution in [3.8, 4) is 0 Å². The molecule has 0 aromatic carbocycles. The van der Waals surface area contributed by atoms with E-state index in [4.69, 9.17) is 0 Å². The van der Waals surface area contributed by atoms with Gasteiger partial charge in [-0.2, -0.15) is 35.1 Å². The molecule has 0 unspecified atom stereocenters. The summed E-state index contributed by atoms with van der Waals surface area (Å²) >= 11 is 0. The molecule has 2 rings (SSSR count). The van der Waals surface area contributed by atoms with Gasteiger partial charge in [0.2, 0.25) is 0 Å². The first-order valence-electron chi connectivity index (χ1n) is 5.25. The summed E-state index contributed by atoms with van der Waals surface area (Å²) in [5.74, 6) is -19.5. The average molecular weight is 302 g/mol. The molecule has 110 valence electrons. The van der Waals surface area contributed by atoms with Gasteiger partial charge in [0.1, 0.15) is 0 Å². The zero-order valence-electron chi connectivity index (χ0n) is 9.49. The van der Waals surface area contributed by atoms with Crippen molar-refractivity contribution in [2.24, 2.45) is 0 Å². The predicted molar refractivity (Wildman–Crippen MR) is 54.2 cm³/mol. The van der Waals surface area contributed by atoms with Gasteiger partial charge in [-0.1, -0.05) is 24.3 Å². The summed E-state index contributed by atoms with van der Waals surface area (Å²) in [6, 6.07) is 0. The van der Waals surface area contributed by atoms with Crippen molar-refractivity contribution in [1.29, 1.82) is 0 Å². The molecule has 0 fully saturated rings. The molecule has 0 heterocycles. The minimum Gasteiger partial charge on any atom is -0.195 e. The van der Waals surface area contributed by atoms with Crippen molar-refractivity contribution in [3.63, 3.8) is 0 Å². The van der Waals surface area contributed by atoms with E-state index < -0.39 is 34.8 Å². The highest BCUT2D eigenvalue weighted by Gasteiger charge is 2.65. The second kappa shape index (κ2) is 3.95. The maximum Gasteiger partial charge on any atom is 0.339 e. The monoisotopic (exact) mass is 302 g/mol. The number of alkyl halides is 8. The molecule has 0 N–H and O–H groups in total. The fraction of sp³-hybridized carbons (Fsp3) is 0.333. The second-order valence-corrected chi connectivity index (χ2v) is 4.27. The fourth-order valence-corrected chi connectivity index (χ4v) is 1.83. The van der Waals surface area contributed by atoms with E-state index in [-0.39, 0.29) is 24.3 Å². The van der Waals surface area contributed by atoms with Gasteiger partial charge in [0, 0.05) is 11.1 Å². The van der Waals surface area contributed by atoms with Gasteiger partial charge >= 0.3 is 23.7 Å². The van der Waals surface area contributed by atoms with E-state index in [0.29, 0.717) is 12.2 Å². The molecule has 0 nitrogen and oxygen atoms in total. The standard InChI is InChI=1S/C12H6F8/c13-9(14)5-1-3-7(11(9,17)18)8-4-2-6-10(15,16)12(8,19)20/h1-6H. The summed E-state index contributed by atoms with van der Waals surface area (Å²) in [6.07, 6.45) is 1.08. The maximum atomic E-state index is 13.5. The van der Waals surface area contributed by atoms with Crippen molar-refractivity contribution in [2.75, 3.05) is 0 Å². The molecule has 0 saturated heterocycles. The highest BCUT2D eigenvalue weighted by molar-refractivity contribution is 5.52. The van der Waals surface area contributed by atoms with Gasteiger partial charge in [-0.25, -0.2) is 0 Å². The Balaban J connectivity index is 2.58. The summed E-state index contributed by atoms with van der Waals surface area (Å²) in [6.45, 7) is 0. The normalized spacial score (nSPS) is 28.8. The van der Waals surface area contributed by atoms with Crippen LogP contribution in [0.1, 0.15) is 0 Å². The number of hydrogen-bond acceptors (Lipinski definition) is 0. The summed E-state index contributed by atoms with van der Waals surface area (Å²) in [4.78, 5) is 0. The van der Waals surface area contributed by atoms with E-state index in [9.17, 15) is 35.1 Å². The van der Waals surface area contributed by atoms with Gasteiger partial charge in [-0.15, -0.1) is 0 Å². The molecule has 20 heavy (non-hydrogen) atoms. The Hall–Kier alpha value is -1.60. The smallest absolute Gasteiger partial charge is 0.195 e. The third kappa shape index (κ3) is 1.81. The van der Waals surface area contributed by atoms with E-state index in [1.807, 2.05) is 0 Å². The molecule has 2 aliphatic carbocycles. The van der Waals surface area contributed by atoms with Gasteiger partial charge in [-0.05, 0) is 12.2 Å². The average Bonchev–Trinajstić information content (AvgIpc) is 2.27. The Labute approximate surface area is 107 Å². The van der Waals surface area contributed by atoms with Crippen LogP contribution in [0.15, 0.2) is 47.6 Å². The lowest BCUT2D eigenvalue weighted by Crippen LogP contribution is -2.49. The molecule has 0 atom stereocenters. The Kier molecular flexibility index (Phi) is 2.93. The van der Waals surface area contributed by atoms with E-state index in [0.717, 1.165) is 0 Å². The van der Waals surface area contributed by atoms with Gasteiger partial charge in [0.15, 0.2) is 0 Å².